The number of halogens is 5. The maximum atomic E-state index is 14.2. The molecule has 0 aliphatic rings. The minimum absolute atomic E-state index is 0.0410. The van der Waals surface area contributed by atoms with Gasteiger partial charge in [0.1, 0.15) is 5.82 Å². The SMILES string of the molecule is C[C@H](c1ccc(-c2ccc(C(=O)O)c(F)c2)cc1Cl)C(c1ccc2c(c1)oc(=O)n2C)C(F)(F)F. The van der Waals surface area contributed by atoms with Gasteiger partial charge in [-0.25, -0.2) is 14.0 Å². The summed E-state index contributed by atoms with van der Waals surface area (Å²) in [6.07, 6.45) is -4.64. The summed E-state index contributed by atoms with van der Waals surface area (Å²) in [7, 11) is 1.46. The molecule has 0 spiro atoms. The number of fused-ring (bicyclic) bond motifs is 1. The first kappa shape index (κ1) is 24.5. The first-order chi connectivity index (χ1) is 16.4. The summed E-state index contributed by atoms with van der Waals surface area (Å²) >= 11 is 6.38. The number of oxazole rings is 1. The fourth-order valence-corrected chi connectivity index (χ4v) is 4.58. The lowest BCUT2D eigenvalue weighted by atomic mass is 9.81. The van der Waals surface area contributed by atoms with Crippen molar-refractivity contribution in [3.05, 3.63) is 92.7 Å². The molecule has 0 bridgehead atoms. The van der Waals surface area contributed by atoms with Crippen molar-refractivity contribution in [1.82, 2.24) is 4.57 Å². The highest BCUT2D eigenvalue weighted by atomic mass is 35.5. The van der Waals surface area contributed by atoms with Gasteiger partial charge in [-0.2, -0.15) is 13.2 Å². The number of alkyl halides is 3. The van der Waals surface area contributed by atoms with Crippen molar-refractivity contribution in [3.63, 3.8) is 0 Å². The van der Waals surface area contributed by atoms with Crippen LogP contribution in [0.15, 0.2) is 63.8 Å². The molecule has 0 radical (unpaired) electrons. The molecule has 35 heavy (non-hydrogen) atoms. The van der Waals surface area contributed by atoms with Crippen LogP contribution in [0.1, 0.15) is 40.2 Å². The molecule has 10 heteroatoms. The highest BCUT2D eigenvalue weighted by Gasteiger charge is 2.45. The van der Waals surface area contributed by atoms with E-state index in [-0.39, 0.29) is 21.7 Å². The fraction of sp³-hybridized carbons (Fsp3) is 0.200. The lowest BCUT2D eigenvalue weighted by Gasteiger charge is -2.28. The Hall–Kier alpha value is -3.59. The molecule has 0 fully saturated rings. The average Bonchev–Trinajstić information content (AvgIpc) is 3.05. The van der Waals surface area contributed by atoms with Crippen LogP contribution in [0.2, 0.25) is 5.02 Å². The van der Waals surface area contributed by atoms with E-state index in [0.29, 0.717) is 16.6 Å². The number of nitrogens with zero attached hydrogens (tertiary/aromatic N) is 1. The van der Waals surface area contributed by atoms with Crippen molar-refractivity contribution in [3.8, 4) is 11.1 Å². The minimum atomic E-state index is -4.64. The molecule has 2 atom stereocenters. The number of carboxylic acids is 1. The molecule has 182 valence electrons. The number of hydrogen-bond donors (Lipinski definition) is 1. The van der Waals surface area contributed by atoms with Crippen LogP contribution in [-0.2, 0) is 7.05 Å². The van der Waals surface area contributed by atoms with Gasteiger partial charge >= 0.3 is 17.9 Å². The zero-order chi connectivity index (χ0) is 25.7. The molecule has 0 aliphatic carbocycles. The molecule has 4 rings (SSSR count). The second kappa shape index (κ2) is 8.88. The van der Waals surface area contributed by atoms with Gasteiger partial charge in [0.05, 0.1) is 17.0 Å². The predicted octanol–water partition coefficient (Wildman–Crippen LogP) is 6.74. The van der Waals surface area contributed by atoms with E-state index < -0.39 is 41.1 Å². The third-order valence-electron chi connectivity index (χ3n) is 6.05. The Kier molecular flexibility index (Phi) is 6.23. The number of aromatic nitrogens is 1. The van der Waals surface area contributed by atoms with Crippen molar-refractivity contribution >= 4 is 28.7 Å². The Labute approximate surface area is 201 Å². The van der Waals surface area contributed by atoms with E-state index in [1.54, 1.807) is 0 Å². The van der Waals surface area contributed by atoms with E-state index in [1.807, 2.05) is 0 Å². The number of hydrogen-bond acceptors (Lipinski definition) is 3. The van der Waals surface area contributed by atoms with Crippen LogP contribution in [0.4, 0.5) is 17.6 Å². The van der Waals surface area contributed by atoms with E-state index >= 15 is 0 Å². The molecular weight excluding hydrogens is 490 g/mol. The lowest BCUT2D eigenvalue weighted by Crippen LogP contribution is -2.26. The van der Waals surface area contributed by atoms with Crippen molar-refractivity contribution in [2.24, 2.45) is 7.05 Å². The van der Waals surface area contributed by atoms with Gasteiger partial charge in [-0.05, 0) is 58.5 Å². The number of carboxylic acid groups (broad SMARTS) is 1. The fourth-order valence-electron chi connectivity index (χ4n) is 4.23. The van der Waals surface area contributed by atoms with Gasteiger partial charge in [0.2, 0.25) is 0 Å². The second-order valence-corrected chi connectivity index (χ2v) is 8.61. The topological polar surface area (TPSA) is 72.4 Å². The summed E-state index contributed by atoms with van der Waals surface area (Å²) in [5.41, 5.74) is 0.793. The molecule has 0 amide bonds. The van der Waals surface area contributed by atoms with Crippen LogP contribution in [-0.4, -0.2) is 21.8 Å². The number of benzene rings is 3. The van der Waals surface area contributed by atoms with Crippen molar-refractivity contribution in [2.75, 3.05) is 0 Å². The highest BCUT2D eigenvalue weighted by Crippen LogP contribution is 2.47. The molecule has 4 aromatic rings. The van der Waals surface area contributed by atoms with Gasteiger partial charge in [0.25, 0.3) is 0 Å². The maximum Gasteiger partial charge on any atom is 0.419 e. The Morgan fingerprint density at radius 1 is 1.06 bits per heavy atom. The molecule has 1 aromatic heterocycles. The maximum absolute atomic E-state index is 14.2. The molecule has 1 heterocycles. The first-order valence-electron chi connectivity index (χ1n) is 10.4. The van der Waals surface area contributed by atoms with Gasteiger partial charge in [-0.3, -0.25) is 4.57 Å². The van der Waals surface area contributed by atoms with E-state index in [4.69, 9.17) is 21.1 Å². The molecule has 1 unspecified atom stereocenters. The van der Waals surface area contributed by atoms with Gasteiger partial charge in [0, 0.05) is 12.1 Å². The van der Waals surface area contributed by atoms with Crippen molar-refractivity contribution < 1.29 is 31.9 Å². The van der Waals surface area contributed by atoms with Crippen molar-refractivity contribution in [1.29, 1.82) is 0 Å². The standard InChI is InChI=1S/C25H18ClF4NO4/c1-12(22(25(28,29)30)15-5-8-20-21(11-15)35-24(34)31(20)2)16-6-3-13(9-18(16)26)14-4-7-17(23(32)33)19(27)10-14/h3-12,22H,1-2H3,(H,32,33)/t12-,22?/m1/s1. The predicted molar refractivity (Wildman–Crippen MR) is 122 cm³/mol. The normalized spacial score (nSPS) is 13.7. The average molecular weight is 508 g/mol. The molecule has 0 aliphatic heterocycles. The number of carbonyl (C=O) groups is 1. The number of aromatic carboxylic acids is 1. The van der Waals surface area contributed by atoms with Crippen LogP contribution in [0, 0.1) is 5.82 Å². The van der Waals surface area contributed by atoms with E-state index in [1.165, 1.54) is 61.0 Å². The summed E-state index contributed by atoms with van der Waals surface area (Å²) in [4.78, 5) is 22.8. The molecule has 1 N–H and O–H groups in total. The van der Waals surface area contributed by atoms with Crippen LogP contribution >= 0.6 is 11.6 Å². The van der Waals surface area contributed by atoms with Gasteiger partial charge in [0.15, 0.2) is 5.58 Å². The zero-order valence-electron chi connectivity index (χ0n) is 18.4. The first-order valence-corrected chi connectivity index (χ1v) is 10.7. The molecule has 5 nitrogen and oxygen atoms in total. The smallest absolute Gasteiger partial charge is 0.419 e. The van der Waals surface area contributed by atoms with E-state index in [0.717, 1.165) is 12.1 Å². The third kappa shape index (κ3) is 4.55. The lowest BCUT2D eigenvalue weighted by molar-refractivity contribution is -0.154. The highest BCUT2D eigenvalue weighted by molar-refractivity contribution is 6.31. The van der Waals surface area contributed by atoms with Crippen LogP contribution in [0.5, 0.6) is 0 Å². The Balaban J connectivity index is 1.73. The number of aryl methyl sites for hydroxylation is 1. The minimum Gasteiger partial charge on any atom is -0.478 e. The van der Waals surface area contributed by atoms with Gasteiger partial charge < -0.3 is 9.52 Å². The van der Waals surface area contributed by atoms with Crippen LogP contribution in [0.3, 0.4) is 0 Å². The summed E-state index contributed by atoms with van der Waals surface area (Å²) < 4.78 is 63.0. The van der Waals surface area contributed by atoms with Gasteiger partial charge in [-0.15, -0.1) is 0 Å². The largest absolute Gasteiger partial charge is 0.478 e. The summed E-state index contributed by atoms with van der Waals surface area (Å²) in [5, 5.41) is 9.02. The third-order valence-corrected chi connectivity index (χ3v) is 6.38. The quantitative estimate of drug-likeness (QED) is 0.304. The second-order valence-electron chi connectivity index (χ2n) is 8.20. The monoisotopic (exact) mass is 507 g/mol. The van der Waals surface area contributed by atoms with Crippen LogP contribution < -0.4 is 5.76 Å². The van der Waals surface area contributed by atoms with Crippen molar-refractivity contribution in [2.45, 2.75) is 24.9 Å². The summed E-state index contributed by atoms with van der Waals surface area (Å²) in [6, 6.07) is 11.8. The van der Waals surface area contributed by atoms with Crippen LogP contribution in [0.25, 0.3) is 22.2 Å². The summed E-state index contributed by atoms with van der Waals surface area (Å²) in [5.74, 6) is -6.10. The van der Waals surface area contributed by atoms with E-state index in [2.05, 4.69) is 0 Å². The molecule has 0 saturated carbocycles. The van der Waals surface area contributed by atoms with E-state index in [9.17, 15) is 27.2 Å². The molecule has 3 aromatic carbocycles. The van der Waals surface area contributed by atoms with Gasteiger partial charge in [-0.1, -0.05) is 42.8 Å². The molecular formula is C25H18ClF4NO4. The Morgan fingerprint density at radius 2 is 1.71 bits per heavy atom. The summed E-state index contributed by atoms with van der Waals surface area (Å²) in [6.45, 7) is 1.39. The zero-order valence-corrected chi connectivity index (χ0v) is 19.1. The Morgan fingerprint density at radius 3 is 2.31 bits per heavy atom. The number of rotatable bonds is 5. The molecule has 0 saturated heterocycles. The Bertz CT molecular complexity index is 1510.